The van der Waals surface area contributed by atoms with Crippen LogP contribution in [0.1, 0.15) is 34.7 Å². The molecule has 0 spiro atoms. The first-order chi connectivity index (χ1) is 13.1. The summed E-state index contributed by atoms with van der Waals surface area (Å²) in [4.78, 5) is 4.93. The van der Waals surface area contributed by atoms with Gasteiger partial charge in [-0.15, -0.1) is 0 Å². The van der Waals surface area contributed by atoms with Gasteiger partial charge < -0.3 is 5.73 Å². The third kappa shape index (κ3) is 4.34. The molecule has 0 atom stereocenters. The molecule has 2 N–H and O–H groups in total. The van der Waals surface area contributed by atoms with Gasteiger partial charge in [-0.3, -0.25) is 0 Å². The Balaban J connectivity index is 2.02. The second-order valence-electron chi connectivity index (χ2n) is 6.65. The number of rotatable bonds is 6. The van der Waals surface area contributed by atoms with Crippen molar-refractivity contribution >= 4 is 11.5 Å². The van der Waals surface area contributed by atoms with E-state index in [1.807, 2.05) is 36.0 Å². The molecule has 138 valence electrons. The van der Waals surface area contributed by atoms with Crippen LogP contribution in [-0.2, 0) is 13.0 Å². The third-order valence-corrected chi connectivity index (χ3v) is 4.62. The monoisotopic (exact) mass is 358 g/mol. The number of aryl methyl sites for hydroxylation is 3. The van der Waals surface area contributed by atoms with E-state index in [9.17, 15) is 0 Å². The average molecular weight is 358 g/mol. The van der Waals surface area contributed by atoms with Gasteiger partial charge in [-0.25, -0.2) is 9.67 Å². The van der Waals surface area contributed by atoms with Crippen LogP contribution < -0.4 is 5.73 Å². The predicted molar refractivity (Wildman–Crippen MR) is 113 cm³/mol. The van der Waals surface area contributed by atoms with Crippen molar-refractivity contribution in [3.05, 3.63) is 94.8 Å². The zero-order chi connectivity index (χ0) is 19.2. The zero-order valence-corrected chi connectivity index (χ0v) is 16.2. The zero-order valence-electron chi connectivity index (χ0n) is 16.2. The van der Waals surface area contributed by atoms with E-state index in [4.69, 9.17) is 10.7 Å². The van der Waals surface area contributed by atoms with Crippen LogP contribution in [0.4, 0.5) is 5.82 Å². The lowest BCUT2D eigenvalue weighted by Crippen LogP contribution is -2.05. The number of benzene rings is 2. The molecule has 0 amide bonds. The highest BCUT2D eigenvalue weighted by molar-refractivity contribution is 6.10. The van der Waals surface area contributed by atoms with Gasteiger partial charge in [0.2, 0.25) is 0 Å². The van der Waals surface area contributed by atoms with Gasteiger partial charge in [0.05, 0.1) is 18.5 Å². The third-order valence-electron chi connectivity index (χ3n) is 4.62. The minimum absolute atomic E-state index is 0.688. The van der Waals surface area contributed by atoms with Crippen LogP contribution in [0, 0.1) is 13.8 Å². The van der Waals surface area contributed by atoms with Crippen molar-refractivity contribution in [3.63, 3.8) is 0 Å². The van der Waals surface area contributed by atoms with Crippen molar-refractivity contribution in [2.75, 3.05) is 0 Å². The molecule has 3 aromatic rings. The van der Waals surface area contributed by atoms with E-state index in [-0.39, 0.29) is 0 Å². The van der Waals surface area contributed by atoms with E-state index in [1.165, 1.54) is 17.3 Å². The Bertz CT molecular complexity index is 980. The lowest BCUT2D eigenvalue weighted by atomic mass is 10.0. The first-order valence-electron chi connectivity index (χ1n) is 9.25. The first kappa shape index (κ1) is 18.6. The number of aliphatic imine (C=N–C) groups is 1. The maximum atomic E-state index is 5.69. The Labute approximate surface area is 161 Å². The number of aromatic nitrogens is 2. The summed E-state index contributed by atoms with van der Waals surface area (Å²) in [7, 11) is 0. The molecular weight excluding hydrogens is 332 g/mol. The van der Waals surface area contributed by atoms with E-state index in [1.54, 1.807) is 0 Å². The molecule has 3 rings (SSSR count). The van der Waals surface area contributed by atoms with E-state index in [0.29, 0.717) is 6.54 Å². The van der Waals surface area contributed by atoms with Crippen LogP contribution in [0.25, 0.3) is 0 Å². The van der Waals surface area contributed by atoms with Gasteiger partial charge in [-0.2, -0.15) is 5.10 Å². The molecular formula is C23H26N4. The summed E-state index contributed by atoms with van der Waals surface area (Å²) >= 11 is 0. The van der Waals surface area contributed by atoms with Gasteiger partial charge in [0.1, 0.15) is 0 Å². The van der Waals surface area contributed by atoms with Crippen molar-refractivity contribution in [1.29, 1.82) is 0 Å². The summed E-state index contributed by atoms with van der Waals surface area (Å²) in [5.74, 6) is 0.855. The fourth-order valence-electron chi connectivity index (χ4n) is 3.11. The van der Waals surface area contributed by atoms with Gasteiger partial charge in [-0.1, -0.05) is 55.5 Å². The van der Waals surface area contributed by atoms with Crippen molar-refractivity contribution < 1.29 is 0 Å². The molecule has 4 heteroatoms. The van der Waals surface area contributed by atoms with Gasteiger partial charge in [0.15, 0.2) is 5.82 Å². The first-order valence-corrected chi connectivity index (χ1v) is 9.25. The Hall–Kier alpha value is -3.14. The lowest BCUT2D eigenvalue weighted by molar-refractivity contribution is 0.690. The molecule has 27 heavy (non-hydrogen) atoms. The van der Waals surface area contributed by atoms with E-state index in [2.05, 4.69) is 55.3 Å². The molecule has 0 saturated carbocycles. The van der Waals surface area contributed by atoms with Gasteiger partial charge in [0.25, 0.3) is 0 Å². The highest BCUT2D eigenvalue weighted by Crippen LogP contribution is 2.22. The summed E-state index contributed by atoms with van der Waals surface area (Å²) in [6, 6.07) is 16.8. The molecule has 0 aliphatic carbocycles. The van der Waals surface area contributed by atoms with Gasteiger partial charge in [0, 0.05) is 11.1 Å². The molecule has 2 aromatic carbocycles. The number of hydrogen-bond donors (Lipinski definition) is 1. The summed E-state index contributed by atoms with van der Waals surface area (Å²) in [5.41, 5.74) is 12.3. The largest absolute Gasteiger partial charge is 0.405 e. The Morgan fingerprint density at radius 1 is 1.07 bits per heavy atom. The normalized spacial score (nSPS) is 12.0. The SMILES string of the molecule is CCc1cccc(Cn2ncc(C)c2/N=C(\C=C\N)c2ccccc2C)c1. The second kappa shape index (κ2) is 8.49. The Morgan fingerprint density at radius 2 is 1.85 bits per heavy atom. The van der Waals surface area contributed by atoms with Crippen LogP contribution >= 0.6 is 0 Å². The molecule has 0 radical (unpaired) electrons. The maximum absolute atomic E-state index is 5.69. The van der Waals surface area contributed by atoms with Crippen molar-refractivity contribution in [3.8, 4) is 0 Å². The average Bonchev–Trinajstić information content (AvgIpc) is 3.01. The topological polar surface area (TPSA) is 56.2 Å². The molecule has 0 aliphatic rings. The Kier molecular flexibility index (Phi) is 5.87. The van der Waals surface area contributed by atoms with Crippen molar-refractivity contribution in [2.45, 2.75) is 33.7 Å². The van der Waals surface area contributed by atoms with Crippen LogP contribution in [0.5, 0.6) is 0 Å². The molecule has 0 aliphatic heterocycles. The summed E-state index contributed by atoms with van der Waals surface area (Å²) in [6.45, 7) is 6.97. The van der Waals surface area contributed by atoms with Gasteiger partial charge >= 0.3 is 0 Å². The van der Waals surface area contributed by atoms with Gasteiger partial charge in [-0.05, 0) is 49.2 Å². The quantitative estimate of drug-likeness (QED) is 0.649. The lowest BCUT2D eigenvalue weighted by Gasteiger charge is -2.10. The molecule has 1 aromatic heterocycles. The van der Waals surface area contributed by atoms with Crippen LogP contribution in [0.3, 0.4) is 0 Å². The number of allylic oxidation sites excluding steroid dienone is 1. The van der Waals surface area contributed by atoms with Crippen LogP contribution in [-0.4, -0.2) is 15.5 Å². The molecule has 0 unspecified atom stereocenters. The Morgan fingerprint density at radius 3 is 2.59 bits per heavy atom. The number of nitrogens with two attached hydrogens (primary N) is 1. The predicted octanol–water partition coefficient (Wildman–Crippen LogP) is 4.70. The minimum Gasteiger partial charge on any atom is -0.405 e. The van der Waals surface area contributed by atoms with Crippen molar-refractivity contribution in [1.82, 2.24) is 9.78 Å². The smallest absolute Gasteiger partial charge is 0.154 e. The molecule has 0 saturated heterocycles. The number of hydrogen-bond acceptors (Lipinski definition) is 3. The van der Waals surface area contributed by atoms with E-state index >= 15 is 0 Å². The minimum atomic E-state index is 0.688. The molecule has 4 nitrogen and oxygen atoms in total. The van der Waals surface area contributed by atoms with Crippen molar-refractivity contribution in [2.24, 2.45) is 10.7 Å². The maximum Gasteiger partial charge on any atom is 0.154 e. The molecule has 0 bridgehead atoms. The second-order valence-corrected chi connectivity index (χ2v) is 6.65. The van der Waals surface area contributed by atoms with E-state index in [0.717, 1.165) is 34.6 Å². The molecule has 1 heterocycles. The highest BCUT2D eigenvalue weighted by atomic mass is 15.3. The van der Waals surface area contributed by atoms with Crippen LogP contribution in [0.2, 0.25) is 0 Å². The highest BCUT2D eigenvalue weighted by Gasteiger charge is 2.10. The summed E-state index contributed by atoms with van der Waals surface area (Å²) in [5, 5.41) is 4.55. The molecule has 0 fully saturated rings. The fraction of sp³-hybridized carbons (Fsp3) is 0.217. The summed E-state index contributed by atoms with van der Waals surface area (Å²) in [6.07, 6.45) is 6.27. The summed E-state index contributed by atoms with van der Waals surface area (Å²) < 4.78 is 1.95. The van der Waals surface area contributed by atoms with Crippen LogP contribution in [0.15, 0.2) is 72.0 Å². The standard InChI is InChI=1S/C23H26N4/c1-4-19-9-7-10-20(14-19)16-27-23(18(3)15-25-27)26-22(12-13-24)21-11-6-5-8-17(21)2/h5-15H,4,16,24H2,1-3H3/b13-12+,26-22+. The fourth-order valence-corrected chi connectivity index (χ4v) is 3.11. The number of nitrogens with zero attached hydrogens (tertiary/aromatic N) is 3. The van der Waals surface area contributed by atoms with E-state index < -0.39 is 0 Å².